The molecule has 1 saturated heterocycles. The van der Waals surface area contributed by atoms with Crippen LogP contribution in [0.25, 0.3) is 0 Å². The van der Waals surface area contributed by atoms with Crippen LogP contribution in [0.2, 0.25) is 10.0 Å². The van der Waals surface area contributed by atoms with E-state index in [0.717, 1.165) is 38.4 Å². The van der Waals surface area contributed by atoms with Gasteiger partial charge in [-0.25, -0.2) is 0 Å². The van der Waals surface area contributed by atoms with Gasteiger partial charge in [0.1, 0.15) is 0 Å². The maximum absolute atomic E-state index is 12.2. The molecule has 0 bridgehead atoms. The first kappa shape index (κ1) is 22.8. The van der Waals surface area contributed by atoms with Crippen LogP contribution in [0.4, 0.5) is 0 Å². The van der Waals surface area contributed by atoms with E-state index in [2.05, 4.69) is 39.7 Å². The quantitative estimate of drug-likeness (QED) is 0.355. The van der Waals surface area contributed by atoms with Crippen molar-refractivity contribution in [3.8, 4) is 0 Å². The summed E-state index contributed by atoms with van der Waals surface area (Å²) in [6.07, 6.45) is 2.22. The molecule has 1 aliphatic heterocycles. The van der Waals surface area contributed by atoms with Gasteiger partial charge >= 0.3 is 0 Å². The first-order valence-corrected chi connectivity index (χ1v) is 10.7. The van der Waals surface area contributed by atoms with Gasteiger partial charge in [0.2, 0.25) is 0 Å². The summed E-state index contributed by atoms with van der Waals surface area (Å²) in [5.41, 5.74) is 0.486. The van der Waals surface area contributed by atoms with Gasteiger partial charge < -0.3 is 20.9 Å². The molecule has 2 rings (SSSR count). The lowest BCUT2D eigenvalue weighted by Gasteiger charge is -2.35. The van der Waals surface area contributed by atoms with Crippen LogP contribution in [0, 0.1) is 0 Å². The number of piperidine rings is 1. The Labute approximate surface area is 178 Å². The number of hydrogen-bond acceptors (Lipinski definition) is 3. The third kappa shape index (κ3) is 7.15. The van der Waals surface area contributed by atoms with Gasteiger partial charge in [-0.05, 0) is 51.8 Å². The number of amides is 1. The second kappa shape index (κ2) is 11.5. The molecule has 1 aromatic rings. The minimum atomic E-state index is -0.187. The van der Waals surface area contributed by atoms with E-state index < -0.39 is 0 Å². The molecular weight excluding hydrogens is 397 g/mol. The fourth-order valence-electron chi connectivity index (χ4n) is 3.15. The number of nitrogens with zero attached hydrogens (tertiary/aromatic N) is 2. The number of nitrogens with one attached hydrogen (secondary N) is 3. The summed E-state index contributed by atoms with van der Waals surface area (Å²) < 4.78 is 0. The molecule has 1 amide bonds. The van der Waals surface area contributed by atoms with E-state index in [4.69, 9.17) is 23.2 Å². The van der Waals surface area contributed by atoms with E-state index in [1.807, 2.05) is 6.92 Å². The van der Waals surface area contributed by atoms with Crippen molar-refractivity contribution in [3.63, 3.8) is 0 Å². The summed E-state index contributed by atoms with van der Waals surface area (Å²) >= 11 is 11.8. The van der Waals surface area contributed by atoms with Crippen LogP contribution in [0.5, 0.6) is 0 Å². The van der Waals surface area contributed by atoms with Crippen molar-refractivity contribution in [3.05, 3.63) is 33.8 Å². The van der Waals surface area contributed by atoms with Crippen molar-refractivity contribution in [1.82, 2.24) is 20.9 Å². The molecule has 3 N–H and O–H groups in total. The molecule has 6 nitrogen and oxygen atoms in total. The molecular formula is C20H31Cl2N5O. The minimum absolute atomic E-state index is 0.187. The number of halogens is 2. The van der Waals surface area contributed by atoms with E-state index in [-0.39, 0.29) is 5.91 Å². The Kier molecular flexibility index (Phi) is 9.35. The Hall–Kier alpha value is -1.50. The van der Waals surface area contributed by atoms with Crippen LogP contribution < -0.4 is 16.0 Å². The van der Waals surface area contributed by atoms with Gasteiger partial charge in [0.05, 0.1) is 16.6 Å². The lowest BCUT2D eigenvalue weighted by atomic mass is 10.0. The summed E-state index contributed by atoms with van der Waals surface area (Å²) in [5, 5.41) is 10.5. The average molecular weight is 428 g/mol. The van der Waals surface area contributed by atoms with Gasteiger partial charge in [0, 0.05) is 43.8 Å². The van der Waals surface area contributed by atoms with Crippen LogP contribution in [-0.4, -0.2) is 61.6 Å². The molecule has 0 aromatic heterocycles. The van der Waals surface area contributed by atoms with Crippen LogP contribution in [0.15, 0.2) is 23.2 Å². The Morgan fingerprint density at radius 1 is 1.21 bits per heavy atom. The van der Waals surface area contributed by atoms with E-state index in [1.54, 1.807) is 18.2 Å². The van der Waals surface area contributed by atoms with Crippen molar-refractivity contribution in [2.75, 3.05) is 32.7 Å². The topological polar surface area (TPSA) is 68.8 Å². The highest BCUT2D eigenvalue weighted by atomic mass is 35.5. The molecule has 1 heterocycles. The highest BCUT2D eigenvalue weighted by Gasteiger charge is 2.21. The Balaban J connectivity index is 1.79. The predicted octanol–water partition coefficient (Wildman–Crippen LogP) is 3.15. The van der Waals surface area contributed by atoms with E-state index >= 15 is 0 Å². The molecule has 1 aromatic carbocycles. The molecule has 8 heteroatoms. The molecule has 0 saturated carbocycles. The Morgan fingerprint density at radius 3 is 2.54 bits per heavy atom. The van der Waals surface area contributed by atoms with Crippen molar-refractivity contribution >= 4 is 35.1 Å². The molecule has 0 aliphatic carbocycles. The molecule has 1 fully saturated rings. The zero-order valence-electron chi connectivity index (χ0n) is 16.9. The molecule has 1 aliphatic rings. The van der Waals surface area contributed by atoms with Crippen molar-refractivity contribution in [2.24, 2.45) is 4.99 Å². The first-order valence-electron chi connectivity index (χ1n) is 9.92. The molecule has 156 valence electrons. The molecule has 0 radical (unpaired) electrons. The lowest BCUT2D eigenvalue weighted by molar-refractivity contribution is 0.0955. The monoisotopic (exact) mass is 427 g/mol. The summed E-state index contributed by atoms with van der Waals surface area (Å²) in [6.45, 7) is 10.5. The number of hydrogen-bond donors (Lipinski definition) is 3. The molecule has 28 heavy (non-hydrogen) atoms. The van der Waals surface area contributed by atoms with Gasteiger partial charge in [-0.3, -0.25) is 9.79 Å². The Bertz CT molecular complexity index is 673. The van der Waals surface area contributed by atoms with Crippen LogP contribution in [-0.2, 0) is 0 Å². The highest BCUT2D eigenvalue weighted by Crippen LogP contribution is 2.22. The van der Waals surface area contributed by atoms with Gasteiger partial charge in [-0.15, -0.1) is 0 Å². The maximum Gasteiger partial charge on any atom is 0.251 e. The van der Waals surface area contributed by atoms with E-state index in [0.29, 0.717) is 40.8 Å². The van der Waals surface area contributed by atoms with Gasteiger partial charge in [-0.1, -0.05) is 23.2 Å². The number of carbonyl (C=O) groups excluding carboxylic acids is 1. The maximum atomic E-state index is 12.2. The normalized spacial score (nSPS) is 16.3. The summed E-state index contributed by atoms with van der Waals surface area (Å²) in [4.78, 5) is 19.3. The number of benzene rings is 1. The number of rotatable bonds is 7. The standard InChI is InChI=1S/C20H31Cl2N5O/c1-4-23-20(26-16-7-11-27(12-8-16)14(2)3)25-10-9-24-19(28)15-5-6-17(21)18(22)13-15/h5-6,13-14,16H,4,7-12H2,1-3H3,(H,24,28)(H2,23,25,26). The van der Waals surface area contributed by atoms with Gasteiger partial charge in [0.15, 0.2) is 5.96 Å². The third-order valence-corrected chi connectivity index (χ3v) is 5.53. The van der Waals surface area contributed by atoms with E-state index in [9.17, 15) is 4.79 Å². The number of aliphatic imine (C=N–C) groups is 1. The fraction of sp³-hybridized carbons (Fsp3) is 0.600. The SMILES string of the molecule is CCNC(=NCCNC(=O)c1ccc(Cl)c(Cl)c1)NC1CCN(C(C)C)CC1. The number of carbonyl (C=O) groups is 1. The van der Waals surface area contributed by atoms with Crippen LogP contribution in [0.3, 0.4) is 0 Å². The van der Waals surface area contributed by atoms with Crippen molar-refractivity contribution in [2.45, 2.75) is 45.7 Å². The second-order valence-electron chi connectivity index (χ2n) is 7.19. The third-order valence-electron chi connectivity index (χ3n) is 4.79. The van der Waals surface area contributed by atoms with Gasteiger partial charge in [0.25, 0.3) is 5.91 Å². The van der Waals surface area contributed by atoms with Gasteiger partial charge in [-0.2, -0.15) is 0 Å². The van der Waals surface area contributed by atoms with Crippen LogP contribution in [0.1, 0.15) is 44.0 Å². The van der Waals surface area contributed by atoms with Crippen molar-refractivity contribution < 1.29 is 4.79 Å². The molecule has 0 unspecified atom stereocenters. The summed E-state index contributed by atoms with van der Waals surface area (Å²) in [6, 6.07) is 5.87. The smallest absolute Gasteiger partial charge is 0.251 e. The zero-order valence-corrected chi connectivity index (χ0v) is 18.4. The molecule has 0 spiro atoms. The molecule has 0 atom stereocenters. The van der Waals surface area contributed by atoms with E-state index in [1.165, 1.54) is 0 Å². The summed E-state index contributed by atoms with van der Waals surface area (Å²) in [5.74, 6) is 0.613. The fourth-order valence-corrected chi connectivity index (χ4v) is 3.45. The lowest BCUT2D eigenvalue weighted by Crippen LogP contribution is -2.50. The zero-order chi connectivity index (χ0) is 20.5. The van der Waals surface area contributed by atoms with Crippen molar-refractivity contribution in [1.29, 1.82) is 0 Å². The second-order valence-corrected chi connectivity index (χ2v) is 8.01. The van der Waals surface area contributed by atoms with Crippen LogP contribution >= 0.6 is 23.2 Å². The first-order chi connectivity index (χ1) is 13.4. The minimum Gasteiger partial charge on any atom is -0.357 e. The Morgan fingerprint density at radius 2 is 1.93 bits per heavy atom. The predicted molar refractivity (Wildman–Crippen MR) is 118 cm³/mol. The summed E-state index contributed by atoms with van der Waals surface area (Å²) in [7, 11) is 0. The largest absolute Gasteiger partial charge is 0.357 e. The highest BCUT2D eigenvalue weighted by molar-refractivity contribution is 6.42. The number of guanidine groups is 1. The average Bonchev–Trinajstić information content (AvgIpc) is 2.67. The number of likely N-dealkylation sites (tertiary alicyclic amines) is 1.